The largest absolute Gasteiger partial charge is 0.494 e. The molecule has 4 aromatic rings. The second kappa shape index (κ2) is 11.7. The molecule has 0 aliphatic rings. The molecule has 1 heterocycles. The standard InChI is InChI=1S/C30H28N4O3/c1-4-36-27-14-12-25(13-15-27)32-30(35)23(19-31)18-24-20-34(26-9-7-6-8-10-26)33-29(24)22-11-16-28(37-5-2)21(3)17-22/h6-18,20H,4-5H2,1-3H3,(H,32,35)/b23-18-. The number of hydrogen-bond acceptors (Lipinski definition) is 5. The number of hydrogen-bond donors (Lipinski definition) is 1. The molecule has 7 nitrogen and oxygen atoms in total. The summed E-state index contributed by atoms with van der Waals surface area (Å²) < 4.78 is 12.9. The fraction of sp³-hybridized carbons (Fsp3) is 0.167. The summed E-state index contributed by atoms with van der Waals surface area (Å²) in [5.41, 5.74) is 4.51. The van der Waals surface area contributed by atoms with Crippen molar-refractivity contribution in [3.05, 3.63) is 95.7 Å². The predicted octanol–water partition coefficient (Wildman–Crippen LogP) is 6.19. The summed E-state index contributed by atoms with van der Waals surface area (Å²) >= 11 is 0. The quantitative estimate of drug-likeness (QED) is 0.222. The van der Waals surface area contributed by atoms with Crippen molar-refractivity contribution in [2.45, 2.75) is 20.8 Å². The highest BCUT2D eigenvalue weighted by atomic mass is 16.5. The molecule has 7 heteroatoms. The Morgan fingerprint density at radius 2 is 1.76 bits per heavy atom. The van der Waals surface area contributed by atoms with Crippen molar-refractivity contribution < 1.29 is 14.3 Å². The lowest BCUT2D eigenvalue weighted by atomic mass is 10.0. The monoisotopic (exact) mass is 492 g/mol. The van der Waals surface area contributed by atoms with Gasteiger partial charge < -0.3 is 14.8 Å². The number of benzene rings is 3. The summed E-state index contributed by atoms with van der Waals surface area (Å²) in [6, 6.07) is 24.6. The Balaban J connectivity index is 1.71. The van der Waals surface area contributed by atoms with Gasteiger partial charge in [-0.05, 0) is 87.0 Å². The summed E-state index contributed by atoms with van der Waals surface area (Å²) in [4.78, 5) is 13.0. The molecule has 1 N–H and O–H groups in total. The van der Waals surface area contributed by atoms with Crippen molar-refractivity contribution >= 4 is 17.7 Å². The molecule has 3 aromatic carbocycles. The summed E-state index contributed by atoms with van der Waals surface area (Å²) in [6.07, 6.45) is 3.38. The van der Waals surface area contributed by atoms with Crippen molar-refractivity contribution in [3.63, 3.8) is 0 Å². The number of aromatic nitrogens is 2. The molecule has 186 valence electrons. The van der Waals surface area contributed by atoms with E-state index < -0.39 is 5.91 Å². The van der Waals surface area contributed by atoms with E-state index in [1.165, 1.54) is 0 Å². The lowest BCUT2D eigenvalue weighted by molar-refractivity contribution is -0.112. The summed E-state index contributed by atoms with van der Waals surface area (Å²) in [7, 11) is 0. The zero-order chi connectivity index (χ0) is 26.2. The van der Waals surface area contributed by atoms with Gasteiger partial charge in [0.05, 0.1) is 18.9 Å². The molecule has 0 atom stereocenters. The van der Waals surface area contributed by atoms with E-state index in [0.717, 1.165) is 22.6 Å². The van der Waals surface area contributed by atoms with Gasteiger partial charge in [0.2, 0.25) is 0 Å². The first kappa shape index (κ1) is 25.3. The number of nitrogens with one attached hydrogen (secondary N) is 1. The second-order valence-electron chi connectivity index (χ2n) is 8.21. The molecule has 0 bridgehead atoms. The van der Waals surface area contributed by atoms with Gasteiger partial charge in [-0.2, -0.15) is 10.4 Å². The summed E-state index contributed by atoms with van der Waals surface area (Å²) in [5.74, 6) is 1.01. The maximum Gasteiger partial charge on any atom is 0.266 e. The van der Waals surface area contributed by atoms with Crippen LogP contribution in [-0.4, -0.2) is 28.9 Å². The first-order chi connectivity index (χ1) is 18.0. The number of ether oxygens (including phenoxy) is 2. The van der Waals surface area contributed by atoms with Crippen LogP contribution in [0.1, 0.15) is 25.0 Å². The fourth-order valence-corrected chi connectivity index (χ4v) is 3.85. The first-order valence-electron chi connectivity index (χ1n) is 12.1. The lowest BCUT2D eigenvalue weighted by Gasteiger charge is -2.09. The Hall–Kier alpha value is -4.83. The van der Waals surface area contributed by atoms with Gasteiger partial charge in [-0.3, -0.25) is 4.79 Å². The highest BCUT2D eigenvalue weighted by molar-refractivity contribution is 6.10. The minimum atomic E-state index is -0.507. The smallest absolute Gasteiger partial charge is 0.266 e. The van der Waals surface area contributed by atoms with Gasteiger partial charge in [-0.15, -0.1) is 0 Å². The molecule has 0 aliphatic heterocycles. The number of carbonyl (C=O) groups is 1. The van der Waals surface area contributed by atoms with Gasteiger partial charge in [-0.1, -0.05) is 18.2 Å². The van der Waals surface area contributed by atoms with Crippen LogP contribution in [0.25, 0.3) is 23.0 Å². The van der Waals surface area contributed by atoms with Gasteiger partial charge in [-0.25, -0.2) is 4.68 Å². The van der Waals surface area contributed by atoms with Crippen molar-refractivity contribution in [3.8, 4) is 34.5 Å². The molecule has 0 radical (unpaired) electrons. The van der Waals surface area contributed by atoms with E-state index in [1.54, 1.807) is 35.0 Å². The number of amides is 1. The van der Waals surface area contributed by atoms with E-state index in [9.17, 15) is 10.1 Å². The zero-order valence-corrected chi connectivity index (χ0v) is 21.1. The van der Waals surface area contributed by atoms with Crippen LogP contribution in [0.4, 0.5) is 5.69 Å². The average Bonchev–Trinajstić information content (AvgIpc) is 3.34. The predicted molar refractivity (Wildman–Crippen MR) is 145 cm³/mol. The molecule has 1 aromatic heterocycles. The maximum absolute atomic E-state index is 13.0. The Labute approximate surface area is 216 Å². The van der Waals surface area contributed by atoms with Crippen LogP contribution >= 0.6 is 0 Å². The van der Waals surface area contributed by atoms with Crippen LogP contribution in [0.3, 0.4) is 0 Å². The Morgan fingerprint density at radius 3 is 2.41 bits per heavy atom. The van der Waals surface area contributed by atoms with E-state index >= 15 is 0 Å². The van der Waals surface area contributed by atoms with Crippen LogP contribution in [0.15, 0.2) is 84.6 Å². The van der Waals surface area contributed by atoms with Gasteiger partial charge in [0.1, 0.15) is 28.8 Å². The molecule has 0 unspecified atom stereocenters. The molecule has 0 fully saturated rings. The number of aryl methyl sites for hydroxylation is 1. The van der Waals surface area contributed by atoms with E-state index in [4.69, 9.17) is 14.6 Å². The van der Waals surface area contributed by atoms with Crippen molar-refractivity contribution in [2.75, 3.05) is 18.5 Å². The molecule has 1 amide bonds. The first-order valence-corrected chi connectivity index (χ1v) is 12.1. The molecule has 0 saturated carbocycles. The van der Waals surface area contributed by atoms with Crippen molar-refractivity contribution in [1.29, 1.82) is 5.26 Å². The van der Waals surface area contributed by atoms with Crippen molar-refractivity contribution in [2.24, 2.45) is 0 Å². The number of nitrogens with zero attached hydrogens (tertiary/aromatic N) is 3. The summed E-state index contributed by atoms with van der Waals surface area (Å²) in [5, 5.41) is 17.4. The Bertz CT molecular complexity index is 1450. The third-order valence-corrected chi connectivity index (χ3v) is 5.60. The molecular formula is C30H28N4O3. The van der Waals surface area contributed by atoms with Gasteiger partial charge in [0.15, 0.2) is 0 Å². The lowest BCUT2D eigenvalue weighted by Crippen LogP contribution is -2.13. The number of carbonyl (C=O) groups excluding carboxylic acids is 1. The van der Waals surface area contributed by atoms with Gasteiger partial charge >= 0.3 is 0 Å². The number of para-hydroxylation sites is 1. The van der Waals surface area contributed by atoms with Crippen LogP contribution in [0, 0.1) is 18.3 Å². The van der Waals surface area contributed by atoms with E-state index in [2.05, 4.69) is 5.32 Å². The highest BCUT2D eigenvalue weighted by Crippen LogP contribution is 2.30. The van der Waals surface area contributed by atoms with Crippen LogP contribution in [0.2, 0.25) is 0 Å². The molecule has 0 saturated heterocycles. The third kappa shape index (κ3) is 6.06. The van der Waals surface area contributed by atoms with E-state index in [0.29, 0.717) is 35.9 Å². The minimum absolute atomic E-state index is 0.0367. The fourth-order valence-electron chi connectivity index (χ4n) is 3.85. The Morgan fingerprint density at radius 1 is 1.03 bits per heavy atom. The van der Waals surface area contributed by atoms with Gasteiger partial charge in [0.25, 0.3) is 5.91 Å². The number of nitriles is 1. The molecule has 0 spiro atoms. The average molecular weight is 493 g/mol. The van der Waals surface area contributed by atoms with E-state index in [-0.39, 0.29) is 5.57 Å². The van der Waals surface area contributed by atoms with Gasteiger partial charge in [0, 0.05) is 23.0 Å². The maximum atomic E-state index is 13.0. The zero-order valence-electron chi connectivity index (χ0n) is 21.1. The summed E-state index contributed by atoms with van der Waals surface area (Å²) in [6.45, 7) is 6.96. The number of anilines is 1. The molecular weight excluding hydrogens is 464 g/mol. The minimum Gasteiger partial charge on any atom is -0.494 e. The normalized spacial score (nSPS) is 11.0. The highest BCUT2D eigenvalue weighted by Gasteiger charge is 2.16. The van der Waals surface area contributed by atoms with E-state index in [1.807, 2.05) is 81.6 Å². The van der Waals surface area contributed by atoms with Crippen molar-refractivity contribution in [1.82, 2.24) is 9.78 Å². The molecule has 0 aliphatic carbocycles. The third-order valence-electron chi connectivity index (χ3n) is 5.60. The molecule has 4 rings (SSSR count). The second-order valence-corrected chi connectivity index (χ2v) is 8.21. The van der Waals surface area contributed by atoms with Crippen LogP contribution < -0.4 is 14.8 Å². The topological polar surface area (TPSA) is 89.2 Å². The Kier molecular flexibility index (Phi) is 8.01. The van der Waals surface area contributed by atoms with Crippen LogP contribution in [0.5, 0.6) is 11.5 Å². The SMILES string of the molecule is CCOc1ccc(NC(=O)/C(C#N)=C\c2cn(-c3ccccc3)nc2-c2ccc(OCC)c(C)c2)cc1. The van der Waals surface area contributed by atoms with Crippen LogP contribution in [-0.2, 0) is 4.79 Å². The molecule has 37 heavy (non-hydrogen) atoms. The number of rotatable bonds is 9.